The van der Waals surface area contributed by atoms with Gasteiger partial charge in [0.05, 0.1) is 30.2 Å². The highest BCUT2D eigenvalue weighted by atomic mass is 16.5. The number of nitrogens with two attached hydrogens (primary N) is 1. The quantitative estimate of drug-likeness (QED) is 0.388. The highest BCUT2D eigenvalue weighted by Gasteiger charge is 2.24. The van der Waals surface area contributed by atoms with E-state index in [1.54, 1.807) is 11.1 Å². The highest BCUT2D eigenvalue weighted by molar-refractivity contribution is 5.98. The zero-order valence-corrected chi connectivity index (χ0v) is 20.4. The number of piperidine rings is 1. The molecule has 3 heterocycles. The van der Waals surface area contributed by atoms with Crippen LogP contribution >= 0.6 is 0 Å². The fraction of sp³-hybridized carbons (Fsp3) is 0.320. The summed E-state index contributed by atoms with van der Waals surface area (Å²) in [5.41, 5.74) is 8.01. The number of primary amides is 1. The molecule has 0 unspecified atom stereocenters. The summed E-state index contributed by atoms with van der Waals surface area (Å²) in [5.74, 6) is 0.432. The molecule has 11 heteroatoms. The van der Waals surface area contributed by atoms with Gasteiger partial charge < -0.3 is 26.0 Å². The summed E-state index contributed by atoms with van der Waals surface area (Å²) >= 11 is 0. The van der Waals surface area contributed by atoms with Crippen LogP contribution in [0, 0.1) is 6.92 Å². The van der Waals surface area contributed by atoms with Crippen LogP contribution in [0.25, 0.3) is 0 Å². The Morgan fingerprint density at radius 1 is 1.31 bits per heavy atom. The predicted octanol–water partition coefficient (Wildman–Crippen LogP) is 3.32. The van der Waals surface area contributed by atoms with E-state index in [1.807, 2.05) is 42.9 Å². The van der Waals surface area contributed by atoms with Crippen LogP contribution in [0.3, 0.4) is 0 Å². The lowest BCUT2D eigenvalue weighted by atomic mass is 10.1. The Morgan fingerprint density at radius 3 is 2.89 bits per heavy atom. The molecule has 4 N–H and O–H groups in total. The lowest BCUT2D eigenvalue weighted by Crippen LogP contribution is -2.39. The lowest BCUT2D eigenvalue weighted by molar-refractivity contribution is -0.127. The number of rotatable bonds is 9. The van der Waals surface area contributed by atoms with Crippen LogP contribution in [-0.4, -0.2) is 56.2 Å². The maximum absolute atomic E-state index is 12.1. The highest BCUT2D eigenvalue weighted by Crippen LogP contribution is 2.32. The van der Waals surface area contributed by atoms with Crippen molar-refractivity contribution < 1.29 is 14.3 Å². The molecular weight excluding hydrogens is 460 g/mol. The lowest BCUT2D eigenvalue weighted by Gasteiger charge is -2.32. The third-order valence-corrected chi connectivity index (χ3v) is 5.95. The molecule has 4 rings (SSSR count). The molecule has 3 aromatic rings. The third kappa shape index (κ3) is 5.45. The molecule has 1 aliphatic heterocycles. The molecule has 0 bridgehead atoms. The van der Waals surface area contributed by atoms with Crippen LogP contribution in [0.2, 0.25) is 0 Å². The Hall–Kier alpha value is -4.41. The molecule has 0 radical (unpaired) electrons. The number of carbonyl (C=O) groups excluding carboxylic acids is 2. The predicted molar refractivity (Wildman–Crippen MR) is 137 cm³/mol. The van der Waals surface area contributed by atoms with Gasteiger partial charge in [-0.25, -0.2) is 4.98 Å². The Balaban J connectivity index is 1.55. The summed E-state index contributed by atoms with van der Waals surface area (Å²) in [6.07, 6.45) is 8.04. The molecule has 0 saturated carbocycles. The Morgan fingerprint density at radius 2 is 2.14 bits per heavy atom. The number of nitrogens with one attached hydrogen (secondary N) is 2. The number of likely N-dealkylation sites (tertiary alicyclic amines) is 1. The summed E-state index contributed by atoms with van der Waals surface area (Å²) in [6.45, 7) is 9.18. The van der Waals surface area contributed by atoms with Crippen molar-refractivity contribution in [2.24, 2.45) is 5.73 Å². The van der Waals surface area contributed by atoms with Gasteiger partial charge in [0.15, 0.2) is 0 Å². The molecule has 2 amide bonds. The molecule has 1 saturated heterocycles. The van der Waals surface area contributed by atoms with Crippen molar-refractivity contribution in [2.75, 3.05) is 30.3 Å². The van der Waals surface area contributed by atoms with Crippen molar-refractivity contribution in [3.05, 3.63) is 60.6 Å². The fourth-order valence-corrected chi connectivity index (χ4v) is 4.14. The molecule has 0 spiro atoms. The van der Waals surface area contributed by atoms with Gasteiger partial charge >= 0.3 is 0 Å². The summed E-state index contributed by atoms with van der Waals surface area (Å²) < 4.78 is 7.56. The van der Waals surface area contributed by atoms with Gasteiger partial charge in [0.25, 0.3) is 5.91 Å². The number of hydrogen-bond acceptors (Lipinski definition) is 8. The topological polar surface area (TPSA) is 140 Å². The number of ether oxygens (including phenoxy) is 1. The van der Waals surface area contributed by atoms with E-state index in [0.29, 0.717) is 30.3 Å². The first-order valence-electron chi connectivity index (χ1n) is 11.8. The van der Waals surface area contributed by atoms with E-state index >= 15 is 0 Å². The zero-order valence-electron chi connectivity index (χ0n) is 20.4. The molecule has 1 aliphatic rings. The second-order valence-electron chi connectivity index (χ2n) is 8.44. The zero-order chi connectivity index (χ0) is 25.7. The van der Waals surface area contributed by atoms with Gasteiger partial charge in [-0.3, -0.25) is 14.3 Å². The maximum atomic E-state index is 12.1. The number of anilines is 4. The van der Waals surface area contributed by atoms with E-state index in [0.717, 1.165) is 24.9 Å². The SMILES string of the molecule is C=CC(=O)N1CCC[C@@H](n2cc(Nc3ncc(C(N)=O)c(Nc4c(C)cccc4OCC)n3)cn2)C1. The number of amides is 2. The number of aryl methyl sites for hydroxylation is 1. The largest absolute Gasteiger partial charge is 0.492 e. The smallest absolute Gasteiger partial charge is 0.254 e. The molecule has 36 heavy (non-hydrogen) atoms. The first-order chi connectivity index (χ1) is 17.4. The molecular formula is C25H30N8O3. The number of para-hydroxylation sites is 1. The Labute approximate surface area is 209 Å². The van der Waals surface area contributed by atoms with Crippen molar-refractivity contribution in [3.63, 3.8) is 0 Å². The molecule has 1 fully saturated rings. The van der Waals surface area contributed by atoms with Gasteiger partial charge in [-0.15, -0.1) is 0 Å². The van der Waals surface area contributed by atoms with E-state index in [2.05, 4.69) is 32.3 Å². The van der Waals surface area contributed by atoms with Crippen molar-refractivity contribution in [1.82, 2.24) is 24.6 Å². The van der Waals surface area contributed by atoms with Gasteiger partial charge in [-0.2, -0.15) is 10.1 Å². The first-order valence-corrected chi connectivity index (χ1v) is 11.8. The van der Waals surface area contributed by atoms with E-state index in [4.69, 9.17) is 10.5 Å². The van der Waals surface area contributed by atoms with Crippen LogP contribution in [-0.2, 0) is 4.79 Å². The van der Waals surface area contributed by atoms with Crippen LogP contribution in [0.5, 0.6) is 5.75 Å². The normalized spacial score (nSPS) is 15.3. The van der Waals surface area contributed by atoms with E-state index < -0.39 is 5.91 Å². The Kier molecular flexibility index (Phi) is 7.47. The average molecular weight is 491 g/mol. The Bertz CT molecular complexity index is 1270. The number of aromatic nitrogens is 4. The average Bonchev–Trinajstić information content (AvgIpc) is 3.34. The summed E-state index contributed by atoms with van der Waals surface area (Å²) in [7, 11) is 0. The van der Waals surface area contributed by atoms with Crippen molar-refractivity contribution in [2.45, 2.75) is 32.7 Å². The molecule has 188 valence electrons. The van der Waals surface area contributed by atoms with E-state index in [-0.39, 0.29) is 29.3 Å². The monoisotopic (exact) mass is 490 g/mol. The van der Waals surface area contributed by atoms with Crippen LogP contribution in [0.4, 0.5) is 23.1 Å². The second kappa shape index (κ2) is 10.9. The minimum Gasteiger partial charge on any atom is -0.492 e. The van der Waals surface area contributed by atoms with Crippen molar-refractivity contribution >= 4 is 35.0 Å². The van der Waals surface area contributed by atoms with Crippen LogP contribution in [0.1, 0.15) is 41.7 Å². The fourth-order valence-electron chi connectivity index (χ4n) is 4.14. The number of nitrogens with zero attached hydrogens (tertiary/aromatic N) is 5. The minimum absolute atomic E-state index is 0.0617. The standard InChI is InChI=1S/C25H30N8O3/c1-4-21(34)32-11-7-9-18(15-32)33-14-17(12-28-33)29-25-27-13-19(23(26)35)24(31-25)30-22-16(3)8-6-10-20(22)36-5-2/h4,6,8,10,12-14,18H,1,5,7,9,11,15H2,2-3H3,(H2,26,35)(H2,27,29,30,31)/t18-/m1/s1. The first kappa shape index (κ1) is 24.7. The summed E-state index contributed by atoms with van der Waals surface area (Å²) in [6, 6.07) is 5.72. The molecule has 1 aromatic carbocycles. The maximum Gasteiger partial charge on any atom is 0.254 e. The van der Waals surface area contributed by atoms with Crippen molar-refractivity contribution in [3.8, 4) is 5.75 Å². The summed E-state index contributed by atoms with van der Waals surface area (Å²) in [5, 5.41) is 10.8. The summed E-state index contributed by atoms with van der Waals surface area (Å²) in [4.78, 5) is 34.6. The van der Waals surface area contributed by atoms with Gasteiger partial charge in [0, 0.05) is 25.5 Å². The van der Waals surface area contributed by atoms with Crippen LogP contribution < -0.4 is 21.1 Å². The van der Waals surface area contributed by atoms with Crippen LogP contribution in [0.15, 0.2) is 49.4 Å². The molecule has 0 aliphatic carbocycles. The minimum atomic E-state index is -0.653. The van der Waals surface area contributed by atoms with Gasteiger partial charge in [0.1, 0.15) is 17.1 Å². The molecule has 2 aromatic heterocycles. The van der Waals surface area contributed by atoms with Gasteiger partial charge in [-0.1, -0.05) is 18.7 Å². The third-order valence-electron chi connectivity index (χ3n) is 5.95. The van der Waals surface area contributed by atoms with Gasteiger partial charge in [-0.05, 0) is 44.4 Å². The van der Waals surface area contributed by atoms with E-state index in [9.17, 15) is 9.59 Å². The van der Waals surface area contributed by atoms with Crippen molar-refractivity contribution in [1.29, 1.82) is 0 Å². The number of carbonyl (C=O) groups is 2. The van der Waals surface area contributed by atoms with E-state index in [1.165, 1.54) is 12.3 Å². The molecule has 11 nitrogen and oxygen atoms in total. The number of hydrogen-bond donors (Lipinski definition) is 3. The second-order valence-corrected chi connectivity index (χ2v) is 8.44. The van der Waals surface area contributed by atoms with Gasteiger partial charge in [0.2, 0.25) is 11.9 Å². The number of benzene rings is 1. The molecule has 1 atom stereocenters.